The second kappa shape index (κ2) is 5.57. The van der Waals surface area contributed by atoms with Crippen LogP contribution >= 0.6 is 0 Å². The van der Waals surface area contributed by atoms with Crippen LogP contribution in [0.4, 0.5) is 4.79 Å². The molecule has 0 aromatic heterocycles. The molecule has 0 radical (unpaired) electrons. The van der Waals surface area contributed by atoms with E-state index in [1.807, 2.05) is 6.07 Å². The fourth-order valence-electron chi connectivity index (χ4n) is 2.14. The summed E-state index contributed by atoms with van der Waals surface area (Å²) in [6.45, 7) is 0.883. The molecule has 0 fully saturated rings. The molecular weight excluding hydrogens is 216 g/mol. The van der Waals surface area contributed by atoms with Crippen molar-refractivity contribution in [2.45, 2.75) is 25.7 Å². The quantitative estimate of drug-likeness (QED) is 0.777. The number of nitrogens with two attached hydrogens (primary N) is 1. The number of aryl methyl sites for hydroxylation is 2. The molecule has 0 bridgehead atoms. The lowest BCUT2D eigenvalue weighted by Crippen LogP contribution is -2.32. The van der Waals surface area contributed by atoms with E-state index >= 15 is 0 Å². The van der Waals surface area contributed by atoms with E-state index in [-0.39, 0.29) is 0 Å². The van der Waals surface area contributed by atoms with Crippen molar-refractivity contribution in [3.63, 3.8) is 0 Å². The van der Waals surface area contributed by atoms with Crippen molar-refractivity contribution >= 4 is 6.03 Å². The number of fused-ring (bicyclic) bond motifs is 1. The van der Waals surface area contributed by atoms with Gasteiger partial charge in [0.2, 0.25) is 0 Å². The molecule has 0 spiro atoms. The molecule has 1 aliphatic rings. The van der Waals surface area contributed by atoms with Gasteiger partial charge in [-0.3, -0.25) is 0 Å². The van der Waals surface area contributed by atoms with Gasteiger partial charge in [0.05, 0.1) is 6.54 Å². The molecule has 0 unspecified atom stereocenters. The average Bonchev–Trinajstić information content (AvgIpc) is 2.34. The van der Waals surface area contributed by atoms with Gasteiger partial charge in [-0.25, -0.2) is 4.79 Å². The van der Waals surface area contributed by atoms with Crippen LogP contribution < -0.4 is 15.8 Å². The summed E-state index contributed by atoms with van der Waals surface area (Å²) in [6.07, 6.45) is 4.88. The summed E-state index contributed by atoms with van der Waals surface area (Å²) in [5.74, 6) is 0.872. The Bertz CT molecular complexity index is 404. The first-order valence-corrected chi connectivity index (χ1v) is 6.03. The monoisotopic (exact) mass is 234 g/mol. The molecule has 0 aliphatic heterocycles. The summed E-state index contributed by atoms with van der Waals surface area (Å²) in [4.78, 5) is 10.5. The summed E-state index contributed by atoms with van der Waals surface area (Å²) in [5.41, 5.74) is 7.80. The minimum atomic E-state index is -0.515. The molecule has 0 heterocycles. The van der Waals surface area contributed by atoms with Crippen molar-refractivity contribution in [3.8, 4) is 5.75 Å². The van der Waals surface area contributed by atoms with Crippen molar-refractivity contribution in [2.75, 3.05) is 13.2 Å². The van der Waals surface area contributed by atoms with Gasteiger partial charge in [0, 0.05) is 0 Å². The van der Waals surface area contributed by atoms with Crippen LogP contribution in [-0.4, -0.2) is 19.2 Å². The lowest BCUT2D eigenvalue weighted by atomic mass is 9.92. The molecule has 4 nitrogen and oxygen atoms in total. The number of carbonyl (C=O) groups excluding carboxylic acids is 1. The molecule has 0 saturated carbocycles. The van der Waals surface area contributed by atoms with E-state index in [4.69, 9.17) is 10.5 Å². The standard InChI is InChI=1S/C13H18N2O2/c14-13(16)15-7-8-17-12-6-5-10-3-1-2-4-11(10)9-12/h5-6,9H,1-4,7-8H2,(H3,14,15,16). The highest BCUT2D eigenvalue weighted by atomic mass is 16.5. The summed E-state index contributed by atoms with van der Waals surface area (Å²) >= 11 is 0. The second-order valence-corrected chi connectivity index (χ2v) is 4.28. The Morgan fingerprint density at radius 3 is 2.82 bits per heavy atom. The summed E-state index contributed by atoms with van der Waals surface area (Å²) in [5, 5.41) is 2.49. The zero-order chi connectivity index (χ0) is 12.1. The van der Waals surface area contributed by atoms with Gasteiger partial charge in [0.25, 0.3) is 0 Å². The Hall–Kier alpha value is -1.71. The number of hydrogen-bond donors (Lipinski definition) is 2. The van der Waals surface area contributed by atoms with Crippen LogP contribution in [0.5, 0.6) is 5.75 Å². The molecule has 1 aromatic carbocycles. The van der Waals surface area contributed by atoms with Crippen molar-refractivity contribution in [1.82, 2.24) is 5.32 Å². The number of carbonyl (C=O) groups is 1. The molecular formula is C13H18N2O2. The maximum Gasteiger partial charge on any atom is 0.312 e. The maximum absolute atomic E-state index is 10.5. The van der Waals surface area contributed by atoms with Crippen LogP contribution in [-0.2, 0) is 12.8 Å². The molecule has 92 valence electrons. The molecule has 17 heavy (non-hydrogen) atoms. The maximum atomic E-state index is 10.5. The summed E-state index contributed by atoms with van der Waals surface area (Å²) in [7, 11) is 0. The topological polar surface area (TPSA) is 64.4 Å². The van der Waals surface area contributed by atoms with E-state index < -0.39 is 6.03 Å². The van der Waals surface area contributed by atoms with Crippen LogP contribution in [0.15, 0.2) is 18.2 Å². The van der Waals surface area contributed by atoms with Crippen LogP contribution in [0.25, 0.3) is 0 Å². The number of urea groups is 1. The van der Waals surface area contributed by atoms with E-state index in [0.29, 0.717) is 13.2 Å². The molecule has 2 rings (SSSR count). The fraction of sp³-hybridized carbons (Fsp3) is 0.462. The molecule has 0 atom stereocenters. The van der Waals surface area contributed by atoms with Gasteiger partial charge in [0.1, 0.15) is 12.4 Å². The first-order valence-electron chi connectivity index (χ1n) is 6.03. The zero-order valence-electron chi connectivity index (χ0n) is 9.87. The second-order valence-electron chi connectivity index (χ2n) is 4.28. The zero-order valence-corrected chi connectivity index (χ0v) is 9.87. The lowest BCUT2D eigenvalue weighted by molar-refractivity contribution is 0.244. The molecule has 4 heteroatoms. The van der Waals surface area contributed by atoms with Gasteiger partial charge in [-0.15, -0.1) is 0 Å². The van der Waals surface area contributed by atoms with Gasteiger partial charge in [-0.1, -0.05) is 6.07 Å². The number of amides is 2. The third kappa shape index (κ3) is 3.37. The van der Waals surface area contributed by atoms with Gasteiger partial charge < -0.3 is 15.8 Å². The van der Waals surface area contributed by atoms with Crippen LogP contribution in [0.1, 0.15) is 24.0 Å². The molecule has 1 aliphatic carbocycles. The van der Waals surface area contributed by atoms with E-state index in [1.165, 1.54) is 30.4 Å². The largest absolute Gasteiger partial charge is 0.492 e. The number of benzene rings is 1. The summed E-state index contributed by atoms with van der Waals surface area (Å²) < 4.78 is 5.55. The van der Waals surface area contributed by atoms with Crippen LogP contribution in [0, 0.1) is 0 Å². The van der Waals surface area contributed by atoms with Crippen molar-refractivity contribution in [1.29, 1.82) is 0 Å². The van der Waals surface area contributed by atoms with E-state index in [0.717, 1.165) is 12.2 Å². The lowest BCUT2D eigenvalue weighted by Gasteiger charge is -2.16. The van der Waals surface area contributed by atoms with Gasteiger partial charge in [-0.2, -0.15) is 0 Å². The minimum absolute atomic E-state index is 0.437. The van der Waals surface area contributed by atoms with Crippen LogP contribution in [0.2, 0.25) is 0 Å². The van der Waals surface area contributed by atoms with Gasteiger partial charge >= 0.3 is 6.03 Å². The van der Waals surface area contributed by atoms with E-state index in [2.05, 4.69) is 17.4 Å². The average molecular weight is 234 g/mol. The number of nitrogens with one attached hydrogen (secondary N) is 1. The van der Waals surface area contributed by atoms with Gasteiger partial charge in [0.15, 0.2) is 0 Å². The highest BCUT2D eigenvalue weighted by Gasteiger charge is 2.09. The Balaban J connectivity index is 1.86. The number of hydrogen-bond acceptors (Lipinski definition) is 2. The summed E-state index contributed by atoms with van der Waals surface area (Å²) in [6, 6.07) is 5.73. The number of primary amides is 1. The molecule has 1 aromatic rings. The smallest absolute Gasteiger partial charge is 0.312 e. The predicted octanol–water partition coefficient (Wildman–Crippen LogP) is 1.61. The molecule has 2 amide bonds. The van der Waals surface area contributed by atoms with E-state index in [1.54, 1.807) is 0 Å². The number of ether oxygens (including phenoxy) is 1. The van der Waals surface area contributed by atoms with Crippen molar-refractivity contribution in [3.05, 3.63) is 29.3 Å². The third-order valence-corrected chi connectivity index (χ3v) is 2.99. The fourth-order valence-corrected chi connectivity index (χ4v) is 2.14. The van der Waals surface area contributed by atoms with E-state index in [9.17, 15) is 4.79 Å². The third-order valence-electron chi connectivity index (χ3n) is 2.99. The van der Waals surface area contributed by atoms with Crippen LogP contribution in [0.3, 0.4) is 0 Å². The normalized spacial score (nSPS) is 13.9. The minimum Gasteiger partial charge on any atom is -0.492 e. The Morgan fingerprint density at radius 1 is 1.29 bits per heavy atom. The Labute approximate surface area is 101 Å². The molecule has 0 saturated heterocycles. The van der Waals surface area contributed by atoms with Gasteiger partial charge in [-0.05, 0) is 48.9 Å². The molecule has 3 N–H and O–H groups in total. The highest BCUT2D eigenvalue weighted by Crippen LogP contribution is 2.25. The first-order chi connectivity index (χ1) is 8.25. The van der Waals surface area contributed by atoms with Crippen molar-refractivity contribution < 1.29 is 9.53 Å². The predicted molar refractivity (Wildman–Crippen MR) is 66.2 cm³/mol. The Morgan fingerprint density at radius 2 is 2.06 bits per heavy atom. The first kappa shape index (κ1) is 11.8. The highest BCUT2D eigenvalue weighted by molar-refractivity contribution is 5.71. The number of rotatable bonds is 4. The SMILES string of the molecule is NC(=O)NCCOc1ccc2c(c1)CCCC2. The Kier molecular flexibility index (Phi) is 3.85. The van der Waals surface area contributed by atoms with Crippen molar-refractivity contribution in [2.24, 2.45) is 5.73 Å².